The van der Waals surface area contributed by atoms with Crippen molar-refractivity contribution >= 4 is 17.5 Å². The monoisotopic (exact) mass is 287 g/mol. The Morgan fingerprint density at radius 3 is 2.40 bits per heavy atom. The Morgan fingerprint density at radius 2 is 1.75 bits per heavy atom. The van der Waals surface area contributed by atoms with Gasteiger partial charge in [-0.15, -0.1) is 0 Å². The first-order valence-corrected chi connectivity index (χ1v) is 7.13. The summed E-state index contributed by atoms with van der Waals surface area (Å²) in [7, 11) is 0. The number of amides is 1. The molecule has 0 aliphatic heterocycles. The average Bonchev–Trinajstić information content (AvgIpc) is 2.45. The molecule has 0 saturated heterocycles. The maximum atomic E-state index is 12.3. The SMILES string of the molecule is CCN(Cc1ccccc1)C(=O)Cc1cccc(Cl)c1. The van der Waals surface area contributed by atoms with Crippen molar-refractivity contribution in [1.82, 2.24) is 4.90 Å². The zero-order valence-electron chi connectivity index (χ0n) is 11.6. The minimum Gasteiger partial charge on any atom is -0.338 e. The molecule has 3 heteroatoms. The molecule has 0 radical (unpaired) electrons. The summed E-state index contributed by atoms with van der Waals surface area (Å²) < 4.78 is 0. The lowest BCUT2D eigenvalue weighted by atomic mass is 10.1. The van der Waals surface area contributed by atoms with Gasteiger partial charge in [0.1, 0.15) is 0 Å². The molecule has 0 heterocycles. The van der Waals surface area contributed by atoms with E-state index in [1.807, 2.05) is 66.4 Å². The van der Waals surface area contributed by atoms with Crippen molar-refractivity contribution in [1.29, 1.82) is 0 Å². The summed E-state index contributed by atoms with van der Waals surface area (Å²) in [6.45, 7) is 3.35. The molecule has 2 rings (SSSR count). The third kappa shape index (κ3) is 4.10. The van der Waals surface area contributed by atoms with Crippen LogP contribution in [0.15, 0.2) is 54.6 Å². The first kappa shape index (κ1) is 14.6. The average molecular weight is 288 g/mol. The van der Waals surface area contributed by atoms with Gasteiger partial charge in [0.2, 0.25) is 5.91 Å². The number of rotatable bonds is 5. The molecular formula is C17H18ClNO. The van der Waals surface area contributed by atoms with Crippen molar-refractivity contribution in [3.05, 3.63) is 70.7 Å². The second-order valence-corrected chi connectivity index (χ2v) is 5.14. The molecule has 2 nitrogen and oxygen atoms in total. The van der Waals surface area contributed by atoms with Crippen LogP contribution in [0.25, 0.3) is 0 Å². The van der Waals surface area contributed by atoms with Crippen LogP contribution < -0.4 is 0 Å². The highest BCUT2D eigenvalue weighted by Gasteiger charge is 2.12. The van der Waals surface area contributed by atoms with Crippen molar-refractivity contribution in [3.8, 4) is 0 Å². The lowest BCUT2D eigenvalue weighted by molar-refractivity contribution is -0.130. The number of nitrogens with zero attached hydrogens (tertiary/aromatic N) is 1. The Morgan fingerprint density at radius 1 is 1.05 bits per heavy atom. The molecule has 20 heavy (non-hydrogen) atoms. The standard InChI is InChI=1S/C17H18ClNO/c1-2-19(13-14-7-4-3-5-8-14)17(20)12-15-9-6-10-16(18)11-15/h3-11H,2,12-13H2,1H3. The third-order valence-corrected chi connectivity index (χ3v) is 3.43. The highest BCUT2D eigenvalue weighted by Crippen LogP contribution is 2.13. The van der Waals surface area contributed by atoms with Crippen molar-refractivity contribution in [2.45, 2.75) is 19.9 Å². The molecule has 1 amide bonds. The van der Waals surface area contributed by atoms with Gasteiger partial charge in [0.15, 0.2) is 0 Å². The van der Waals surface area contributed by atoms with Crippen LogP contribution in [0.1, 0.15) is 18.1 Å². The minimum absolute atomic E-state index is 0.124. The van der Waals surface area contributed by atoms with Crippen LogP contribution in [0.2, 0.25) is 5.02 Å². The number of benzene rings is 2. The zero-order chi connectivity index (χ0) is 14.4. The first-order valence-electron chi connectivity index (χ1n) is 6.75. The van der Waals surface area contributed by atoms with E-state index in [0.29, 0.717) is 24.5 Å². The maximum Gasteiger partial charge on any atom is 0.227 e. The number of carbonyl (C=O) groups is 1. The summed E-state index contributed by atoms with van der Waals surface area (Å²) >= 11 is 5.95. The van der Waals surface area contributed by atoms with Crippen LogP contribution in [-0.2, 0) is 17.8 Å². The highest BCUT2D eigenvalue weighted by molar-refractivity contribution is 6.30. The molecule has 0 aliphatic rings. The van der Waals surface area contributed by atoms with E-state index in [1.165, 1.54) is 0 Å². The molecule has 104 valence electrons. The van der Waals surface area contributed by atoms with E-state index < -0.39 is 0 Å². The first-order chi connectivity index (χ1) is 9.69. The number of halogens is 1. The Bertz CT molecular complexity index is 568. The smallest absolute Gasteiger partial charge is 0.227 e. The molecule has 0 unspecified atom stereocenters. The van der Waals surface area contributed by atoms with Crippen LogP contribution >= 0.6 is 11.6 Å². The number of likely N-dealkylation sites (N-methyl/N-ethyl adjacent to an activating group) is 1. The molecule has 0 N–H and O–H groups in total. The van der Waals surface area contributed by atoms with Gasteiger partial charge in [-0.3, -0.25) is 4.79 Å². The third-order valence-electron chi connectivity index (χ3n) is 3.20. The lowest BCUT2D eigenvalue weighted by Gasteiger charge is -2.21. The van der Waals surface area contributed by atoms with Crippen molar-refractivity contribution in [2.24, 2.45) is 0 Å². The summed E-state index contributed by atoms with van der Waals surface area (Å²) in [4.78, 5) is 14.2. The minimum atomic E-state index is 0.124. The summed E-state index contributed by atoms with van der Waals surface area (Å²) in [5.41, 5.74) is 2.10. The van der Waals surface area contributed by atoms with Gasteiger partial charge in [-0.05, 0) is 30.2 Å². The van der Waals surface area contributed by atoms with Gasteiger partial charge >= 0.3 is 0 Å². The van der Waals surface area contributed by atoms with Crippen molar-refractivity contribution in [3.63, 3.8) is 0 Å². The van der Waals surface area contributed by atoms with Crippen LogP contribution in [0.3, 0.4) is 0 Å². The molecule has 0 aromatic heterocycles. The fourth-order valence-electron chi connectivity index (χ4n) is 2.11. The van der Waals surface area contributed by atoms with Crippen molar-refractivity contribution in [2.75, 3.05) is 6.54 Å². The van der Waals surface area contributed by atoms with E-state index in [2.05, 4.69) is 0 Å². The number of hydrogen-bond acceptors (Lipinski definition) is 1. The highest BCUT2D eigenvalue weighted by atomic mass is 35.5. The van der Waals surface area contributed by atoms with Crippen LogP contribution in [0.5, 0.6) is 0 Å². The predicted molar refractivity (Wildman–Crippen MR) is 82.7 cm³/mol. The summed E-state index contributed by atoms with van der Waals surface area (Å²) in [5.74, 6) is 0.124. The second-order valence-electron chi connectivity index (χ2n) is 4.70. The molecule has 0 bridgehead atoms. The van der Waals surface area contributed by atoms with E-state index in [0.717, 1.165) is 11.1 Å². The van der Waals surface area contributed by atoms with Crippen LogP contribution in [0, 0.1) is 0 Å². The number of hydrogen-bond donors (Lipinski definition) is 0. The largest absolute Gasteiger partial charge is 0.338 e. The van der Waals surface area contributed by atoms with Gasteiger partial charge in [-0.25, -0.2) is 0 Å². The molecule has 0 saturated carbocycles. The van der Waals surface area contributed by atoms with E-state index in [9.17, 15) is 4.79 Å². The fraction of sp³-hybridized carbons (Fsp3) is 0.235. The molecule has 0 spiro atoms. The molecule has 0 fully saturated rings. The molecule has 0 aliphatic carbocycles. The van der Waals surface area contributed by atoms with Crippen molar-refractivity contribution < 1.29 is 4.79 Å². The molecule has 2 aromatic carbocycles. The van der Waals surface area contributed by atoms with Gasteiger partial charge in [-0.1, -0.05) is 54.1 Å². The maximum absolute atomic E-state index is 12.3. The zero-order valence-corrected chi connectivity index (χ0v) is 12.3. The molecular weight excluding hydrogens is 270 g/mol. The number of carbonyl (C=O) groups excluding carboxylic acids is 1. The van der Waals surface area contributed by atoms with E-state index in [4.69, 9.17) is 11.6 Å². The van der Waals surface area contributed by atoms with Gasteiger partial charge < -0.3 is 4.90 Å². The van der Waals surface area contributed by atoms with Gasteiger partial charge in [-0.2, -0.15) is 0 Å². The lowest BCUT2D eigenvalue weighted by Crippen LogP contribution is -2.31. The fourth-order valence-corrected chi connectivity index (χ4v) is 2.33. The topological polar surface area (TPSA) is 20.3 Å². The normalized spacial score (nSPS) is 10.3. The second kappa shape index (κ2) is 7.11. The Hall–Kier alpha value is -1.80. The summed E-state index contributed by atoms with van der Waals surface area (Å²) in [6, 6.07) is 17.5. The van der Waals surface area contributed by atoms with Gasteiger partial charge in [0.25, 0.3) is 0 Å². The van der Waals surface area contributed by atoms with E-state index in [-0.39, 0.29) is 5.91 Å². The molecule has 0 atom stereocenters. The quantitative estimate of drug-likeness (QED) is 0.816. The molecule has 2 aromatic rings. The van der Waals surface area contributed by atoms with Crippen LogP contribution in [0.4, 0.5) is 0 Å². The summed E-state index contributed by atoms with van der Waals surface area (Å²) in [6.07, 6.45) is 0.390. The Labute approximate surface area is 125 Å². The van der Waals surface area contributed by atoms with Gasteiger partial charge in [0, 0.05) is 18.1 Å². The van der Waals surface area contributed by atoms with Crippen LogP contribution in [-0.4, -0.2) is 17.4 Å². The Balaban J connectivity index is 2.02. The Kier molecular flexibility index (Phi) is 5.19. The van der Waals surface area contributed by atoms with E-state index >= 15 is 0 Å². The van der Waals surface area contributed by atoms with E-state index in [1.54, 1.807) is 0 Å². The predicted octanol–water partition coefficient (Wildman–Crippen LogP) is 3.93. The van der Waals surface area contributed by atoms with Gasteiger partial charge in [0.05, 0.1) is 6.42 Å². The summed E-state index contributed by atoms with van der Waals surface area (Å²) in [5, 5.41) is 0.668.